The van der Waals surface area contributed by atoms with Gasteiger partial charge in [0.25, 0.3) is 0 Å². The Kier molecular flexibility index (Phi) is 8.58. The van der Waals surface area contributed by atoms with Crippen LogP contribution in [-0.2, 0) is 33.8 Å². The van der Waals surface area contributed by atoms with Gasteiger partial charge < -0.3 is 14.7 Å². The summed E-state index contributed by atoms with van der Waals surface area (Å²) in [5.41, 5.74) is 4.92. The van der Waals surface area contributed by atoms with Gasteiger partial charge in [-0.15, -0.1) is 0 Å². The van der Waals surface area contributed by atoms with Crippen LogP contribution in [0.4, 0.5) is 10.1 Å². The van der Waals surface area contributed by atoms with Gasteiger partial charge in [-0.1, -0.05) is 60.2 Å². The number of hydrogen-bond acceptors (Lipinski definition) is 3. The second-order valence-corrected chi connectivity index (χ2v) is 7.90. The normalized spacial score (nSPS) is 13.6. The molecule has 0 fully saturated rings. The van der Waals surface area contributed by atoms with E-state index >= 15 is 0 Å². The highest BCUT2D eigenvalue weighted by Crippen LogP contribution is 2.33. The van der Waals surface area contributed by atoms with E-state index in [0.29, 0.717) is 31.5 Å². The average Bonchev–Trinajstić information content (AvgIpc) is 3.22. The predicted octanol–water partition coefficient (Wildman–Crippen LogP) is 5.43. The fourth-order valence-corrected chi connectivity index (χ4v) is 3.84. The molecule has 0 atom stereocenters. The number of nitrogens with zero attached hydrogens (tertiary/aromatic N) is 1. The second kappa shape index (κ2) is 11.8. The molecule has 0 radical (unpaired) electrons. The van der Waals surface area contributed by atoms with Gasteiger partial charge in [0.15, 0.2) is 0 Å². The first-order valence-corrected chi connectivity index (χ1v) is 10.9. The van der Waals surface area contributed by atoms with Gasteiger partial charge in [-0.2, -0.15) is 0 Å². The topological polar surface area (TPSA) is 66.8 Å². The summed E-state index contributed by atoms with van der Waals surface area (Å²) in [5, 5.41) is 8.69. The van der Waals surface area contributed by atoms with Crippen LogP contribution in [0.5, 0.6) is 0 Å². The number of carboxylic acids is 1. The summed E-state index contributed by atoms with van der Waals surface area (Å²) < 4.78 is 18.6. The fourth-order valence-electron chi connectivity index (χ4n) is 3.84. The maximum atomic E-state index is 13.1. The average molecular weight is 450 g/mol. The van der Waals surface area contributed by atoms with Gasteiger partial charge in [-0.25, -0.2) is 4.39 Å². The SMILES string of the molecule is Cc1cccc(CC(=O)N2CCc3cccc(COC(/C=C/F)=C/C=C/CCC(=O)O)c32)c1. The summed E-state index contributed by atoms with van der Waals surface area (Å²) in [5.74, 6) is -0.534. The molecule has 1 aliphatic rings. The molecular weight excluding hydrogens is 421 g/mol. The van der Waals surface area contributed by atoms with Crippen LogP contribution in [0.3, 0.4) is 0 Å². The smallest absolute Gasteiger partial charge is 0.303 e. The Morgan fingerprint density at radius 3 is 2.79 bits per heavy atom. The number of ether oxygens (including phenoxy) is 1. The molecule has 2 aromatic carbocycles. The van der Waals surface area contributed by atoms with Crippen LogP contribution in [0, 0.1) is 6.92 Å². The van der Waals surface area contributed by atoms with E-state index in [1.165, 1.54) is 6.08 Å². The number of fused-ring (bicyclic) bond motifs is 1. The Bertz CT molecular complexity index is 1090. The van der Waals surface area contributed by atoms with Crippen molar-refractivity contribution < 1.29 is 23.8 Å². The first kappa shape index (κ1) is 24.0. The van der Waals surface area contributed by atoms with Crippen molar-refractivity contribution in [3.05, 3.63) is 101 Å². The highest BCUT2D eigenvalue weighted by Gasteiger charge is 2.27. The maximum absolute atomic E-state index is 13.1. The fraction of sp³-hybridized carbons (Fsp3) is 0.259. The van der Waals surface area contributed by atoms with Gasteiger partial charge in [0.2, 0.25) is 5.91 Å². The van der Waals surface area contributed by atoms with Crippen molar-refractivity contribution in [1.82, 2.24) is 0 Å². The van der Waals surface area contributed by atoms with Crippen molar-refractivity contribution in [2.75, 3.05) is 11.4 Å². The highest BCUT2D eigenvalue weighted by molar-refractivity contribution is 5.97. The first-order valence-electron chi connectivity index (χ1n) is 10.9. The molecule has 0 saturated heterocycles. The lowest BCUT2D eigenvalue weighted by atomic mass is 10.1. The molecule has 6 heteroatoms. The number of carbonyl (C=O) groups is 2. The van der Waals surface area contributed by atoms with E-state index in [9.17, 15) is 14.0 Å². The molecule has 0 spiro atoms. The van der Waals surface area contributed by atoms with E-state index in [1.54, 1.807) is 18.2 Å². The van der Waals surface area contributed by atoms with E-state index in [2.05, 4.69) is 0 Å². The summed E-state index contributed by atoms with van der Waals surface area (Å²) >= 11 is 0. The van der Waals surface area contributed by atoms with Crippen LogP contribution in [0.2, 0.25) is 0 Å². The number of aliphatic carboxylic acids is 1. The number of aryl methyl sites for hydroxylation is 1. The minimum Gasteiger partial charge on any atom is -0.489 e. The molecule has 1 N–H and O–H groups in total. The number of anilines is 1. The van der Waals surface area contributed by atoms with Crippen LogP contribution in [0.1, 0.15) is 35.1 Å². The van der Waals surface area contributed by atoms with E-state index in [-0.39, 0.29) is 18.9 Å². The third-order valence-electron chi connectivity index (χ3n) is 5.36. The Balaban J connectivity index is 1.71. The maximum Gasteiger partial charge on any atom is 0.303 e. The molecule has 0 saturated carbocycles. The standard InChI is InChI=1S/C27H28FNO4/c1-20-7-5-8-21(17-20)18-25(30)29-16-14-22-9-6-10-23(27(22)29)19-33-24(13-15-28)11-3-2-4-12-26(31)32/h2-3,5-11,13,15,17H,4,12,14,16,18-19H2,1H3,(H,31,32)/b3-2+,15-13+,24-11+. The van der Waals surface area contributed by atoms with Crippen LogP contribution >= 0.6 is 0 Å². The number of allylic oxidation sites excluding steroid dienone is 4. The van der Waals surface area contributed by atoms with Gasteiger partial charge >= 0.3 is 5.97 Å². The zero-order valence-electron chi connectivity index (χ0n) is 18.7. The summed E-state index contributed by atoms with van der Waals surface area (Å²) in [6.07, 6.45) is 8.03. The lowest BCUT2D eigenvalue weighted by molar-refractivity contribution is -0.136. The van der Waals surface area contributed by atoms with Gasteiger partial charge in [0, 0.05) is 24.6 Å². The van der Waals surface area contributed by atoms with Gasteiger partial charge in [0.05, 0.1) is 18.4 Å². The van der Waals surface area contributed by atoms with Crippen LogP contribution in [0.15, 0.2) is 78.9 Å². The number of benzene rings is 2. The molecule has 0 aromatic heterocycles. The zero-order chi connectivity index (χ0) is 23.6. The summed E-state index contributed by atoms with van der Waals surface area (Å²) in [4.78, 5) is 25.5. The molecule has 0 unspecified atom stereocenters. The van der Waals surface area contributed by atoms with E-state index in [0.717, 1.165) is 34.4 Å². The predicted molar refractivity (Wildman–Crippen MR) is 127 cm³/mol. The van der Waals surface area contributed by atoms with Crippen LogP contribution in [-0.4, -0.2) is 23.5 Å². The lowest BCUT2D eigenvalue weighted by Gasteiger charge is -2.21. The molecule has 5 nitrogen and oxygen atoms in total. The number of hydrogen-bond donors (Lipinski definition) is 1. The molecule has 33 heavy (non-hydrogen) atoms. The quantitative estimate of drug-likeness (QED) is 0.388. The number of halogens is 1. The molecule has 0 bridgehead atoms. The van der Waals surface area contributed by atoms with E-state index in [4.69, 9.17) is 9.84 Å². The van der Waals surface area contributed by atoms with Crippen molar-refractivity contribution >= 4 is 17.6 Å². The molecule has 0 aliphatic carbocycles. The second-order valence-electron chi connectivity index (χ2n) is 7.90. The Morgan fingerprint density at radius 1 is 1.21 bits per heavy atom. The Morgan fingerprint density at radius 2 is 2.03 bits per heavy atom. The number of amides is 1. The summed E-state index contributed by atoms with van der Waals surface area (Å²) in [7, 11) is 0. The van der Waals surface area contributed by atoms with Crippen molar-refractivity contribution in [1.29, 1.82) is 0 Å². The number of para-hydroxylation sites is 1. The molecule has 172 valence electrons. The Labute approximate surface area is 193 Å². The Hall–Kier alpha value is -3.67. The van der Waals surface area contributed by atoms with E-state index in [1.807, 2.05) is 54.3 Å². The monoisotopic (exact) mass is 449 g/mol. The summed E-state index contributed by atoms with van der Waals surface area (Å²) in [6, 6.07) is 13.8. The molecule has 1 heterocycles. The third-order valence-corrected chi connectivity index (χ3v) is 5.36. The summed E-state index contributed by atoms with van der Waals surface area (Å²) in [6.45, 7) is 2.81. The van der Waals surface area contributed by atoms with Crippen molar-refractivity contribution in [3.8, 4) is 0 Å². The highest BCUT2D eigenvalue weighted by atomic mass is 19.1. The largest absolute Gasteiger partial charge is 0.489 e. The molecule has 2 aromatic rings. The van der Waals surface area contributed by atoms with Crippen molar-refractivity contribution in [3.63, 3.8) is 0 Å². The number of rotatable bonds is 10. The lowest BCUT2D eigenvalue weighted by Crippen LogP contribution is -2.31. The first-order chi connectivity index (χ1) is 16.0. The van der Waals surface area contributed by atoms with Crippen LogP contribution < -0.4 is 4.90 Å². The van der Waals surface area contributed by atoms with Crippen molar-refractivity contribution in [2.45, 2.75) is 39.2 Å². The third kappa shape index (κ3) is 6.91. The van der Waals surface area contributed by atoms with Gasteiger partial charge in [-0.05, 0) is 37.0 Å². The minimum absolute atomic E-state index is 0.0298. The number of carboxylic acid groups (broad SMARTS) is 1. The molecule has 1 amide bonds. The molecule has 1 aliphatic heterocycles. The van der Waals surface area contributed by atoms with Crippen LogP contribution in [0.25, 0.3) is 0 Å². The zero-order valence-corrected chi connectivity index (χ0v) is 18.7. The number of carbonyl (C=O) groups excluding carboxylic acids is 1. The van der Waals surface area contributed by atoms with Gasteiger partial charge in [-0.3, -0.25) is 9.59 Å². The van der Waals surface area contributed by atoms with Gasteiger partial charge in [0.1, 0.15) is 12.4 Å². The van der Waals surface area contributed by atoms with E-state index < -0.39 is 5.97 Å². The molecule has 3 rings (SSSR count). The van der Waals surface area contributed by atoms with Crippen molar-refractivity contribution in [2.24, 2.45) is 0 Å². The minimum atomic E-state index is -0.872. The molecular formula is C27H28FNO4.